The summed E-state index contributed by atoms with van der Waals surface area (Å²) >= 11 is 0. The topological polar surface area (TPSA) is 45.2 Å². The number of para-hydroxylation sites is 2. The molecule has 4 rings (SSSR count). The summed E-state index contributed by atoms with van der Waals surface area (Å²) < 4.78 is 0. The molecule has 1 N–H and O–H groups in total. The number of benzene rings is 2. The maximum atomic E-state index is 12.8. The number of hydrogen-bond donors (Lipinski definition) is 1. The lowest BCUT2D eigenvalue weighted by Gasteiger charge is -2.31. The van der Waals surface area contributed by atoms with Gasteiger partial charge in [0.15, 0.2) is 0 Å². The molecular formula is C23H23N3O. The van der Waals surface area contributed by atoms with Crippen LogP contribution < -0.4 is 10.2 Å². The minimum atomic E-state index is -0.129. The van der Waals surface area contributed by atoms with E-state index >= 15 is 0 Å². The molecular weight excluding hydrogens is 334 g/mol. The van der Waals surface area contributed by atoms with E-state index in [1.807, 2.05) is 36.5 Å². The van der Waals surface area contributed by atoms with Crippen LogP contribution in [-0.2, 0) is 12.8 Å². The predicted octanol–water partition coefficient (Wildman–Crippen LogP) is 4.98. The number of rotatable bonds is 4. The van der Waals surface area contributed by atoms with Crippen molar-refractivity contribution in [3.63, 3.8) is 0 Å². The van der Waals surface area contributed by atoms with Crippen LogP contribution in [-0.4, -0.2) is 17.4 Å². The fourth-order valence-electron chi connectivity index (χ4n) is 3.65. The zero-order valence-electron chi connectivity index (χ0n) is 15.5. The highest BCUT2D eigenvalue weighted by Crippen LogP contribution is 2.33. The van der Waals surface area contributed by atoms with E-state index in [2.05, 4.69) is 46.4 Å². The third-order valence-corrected chi connectivity index (χ3v) is 5.05. The Hall–Kier alpha value is -3.14. The minimum Gasteiger partial charge on any atom is -0.340 e. The Balaban J connectivity index is 1.61. The molecule has 0 bridgehead atoms. The van der Waals surface area contributed by atoms with Crippen LogP contribution in [0.1, 0.15) is 34.8 Å². The van der Waals surface area contributed by atoms with Gasteiger partial charge in [-0.05, 0) is 48.6 Å². The Morgan fingerprint density at radius 3 is 2.81 bits per heavy atom. The van der Waals surface area contributed by atoms with Crippen LogP contribution in [0.15, 0.2) is 67.0 Å². The quantitative estimate of drug-likeness (QED) is 0.716. The number of aryl methyl sites for hydroxylation is 2. The smallest absolute Gasteiger partial charge is 0.257 e. The average Bonchev–Trinajstić information content (AvgIpc) is 2.74. The maximum Gasteiger partial charge on any atom is 0.257 e. The molecule has 0 saturated carbocycles. The number of nitrogens with zero attached hydrogens (tertiary/aromatic N) is 2. The average molecular weight is 357 g/mol. The highest BCUT2D eigenvalue weighted by Gasteiger charge is 2.19. The van der Waals surface area contributed by atoms with Gasteiger partial charge in [-0.2, -0.15) is 0 Å². The van der Waals surface area contributed by atoms with E-state index in [4.69, 9.17) is 0 Å². The summed E-state index contributed by atoms with van der Waals surface area (Å²) in [6, 6.07) is 18.3. The second-order valence-corrected chi connectivity index (χ2v) is 6.78. The molecule has 0 fully saturated rings. The van der Waals surface area contributed by atoms with Gasteiger partial charge in [-0.1, -0.05) is 43.3 Å². The van der Waals surface area contributed by atoms with Gasteiger partial charge < -0.3 is 10.2 Å². The Bertz CT molecular complexity index is 967. The van der Waals surface area contributed by atoms with Crippen LogP contribution in [0.25, 0.3) is 0 Å². The summed E-state index contributed by atoms with van der Waals surface area (Å²) in [5, 5.41) is 3.03. The second-order valence-electron chi connectivity index (χ2n) is 6.78. The van der Waals surface area contributed by atoms with Crippen molar-refractivity contribution in [1.29, 1.82) is 0 Å². The molecule has 1 amide bonds. The van der Waals surface area contributed by atoms with Gasteiger partial charge in [-0.3, -0.25) is 9.78 Å². The van der Waals surface area contributed by atoms with Crippen molar-refractivity contribution in [2.75, 3.05) is 16.8 Å². The summed E-state index contributed by atoms with van der Waals surface area (Å²) in [7, 11) is 0. The molecule has 4 heteroatoms. The lowest BCUT2D eigenvalue weighted by atomic mass is 10.0. The van der Waals surface area contributed by atoms with Gasteiger partial charge >= 0.3 is 0 Å². The van der Waals surface area contributed by atoms with Gasteiger partial charge in [0.2, 0.25) is 0 Å². The number of carbonyl (C=O) groups is 1. The van der Waals surface area contributed by atoms with E-state index in [1.54, 1.807) is 6.20 Å². The number of carbonyl (C=O) groups excluding carboxylic acids is 1. The monoisotopic (exact) mass is 357 g/mol. The van der Waals surface area contributed by atoms with Crippen LogP contribution in [0, 0.1) is 0 Å². The Morgan fingerprint density at radius 2 is 1.93 bits per heavy atom. The Morgan fingerprint density at radius 1 is 1.11 bits per heavy atom. The number of aromatic nitrogens is 1. The minimum absolute atomic E-state index is 0.129. The molecule has 0 radical (unpaired) electrons. The lowest BCUT2D eigenvalue weighted by molar-refractivity contribution is 0.102. The van der Waals surface area contributed by atoms with Gasteiger partial charge in [0.1, 0.15) is 0 Å². The first-order valence-electron chi connectivity index (χ1n) is 9.46. The van der Waals surface area contributed by atoms with E-state index in [1.165, 1.54) is 11.3 Å². The molecule has 0 aliphatic carbocycles. The van der Waals surface area contributed by atoms with E-state index in [9.17, 15) is 4.79 Å². The van der Waals surface area contributed by atoms with Gasteiger partial charge in [0.05, 0.1) is 17.4 Å². The fraction of sp³-hybridized carbons (Fsp3) is 0.217. The summed E-state index contributed by atoms with van der Waals surface area (Å²) in [6.07, 6.45) is 6.52. The van der Waals surface area contributed by atoms with Crippen molar-refractivity contribution < 1.29 is 4.79 Å². The molecule has 2 aromatic carbocycles. The predicted molar refractivity (Wildman–Crippen MR) is 110 cm³/mol. The van der Waals surface area contributed by atoms with Gasteiger partial charge in [-0.25, -0.2) is 0 Å². The summed E-state index contributed by atoms with van der Waals surface area (Å²) in [6.45, 7) is 3.02. The number of hydrogen-bond acceptors (Lipinski definition) is 3. The Kier molecular flexibility index (Phi) is 4.88. The van der Waals surface area contributed by atoms with Crippen molar-refractivity contribution in [3.8, 4) is 0 Å². The SMILES string of the molecule is CCc1ccccc1NC(=O)c1cncc(N2CCCc3ccccc32)c1. The molecule has 4 nitrogen and oxygen atoms in total. The molecule has 27 heavy (non-hydrogen) atoms. The molecule has 0 atom stereocenters. The number of amides is 1. The maximum absolute atomic E-state index is 12.8. The first-order valence-corrected chi connectivity index (χ1v) is 9.46. The second kappa shape index (κ2) is 7.62. The molecule has 0 unspecified atom stereocenters. The molecule has 1 aromatic heterocycles. The van der Waals surface area contributed by atoms with Crippen LogP contribution >= 0.6 is 0 Å². The zero-order valence-corrected chi connectivity index (χ0v) is 15.5. The number of pyridine rings is 1. The lowest BCUT2D eigenvalue weighted by Crippen LogP contribution is -2.25. The van der Waals surface area contributed by atoms with E-state index < -0.39 is 0 Å². The van der Waals surface area contributed by atoms with E-state index in [0.29, 0.717) is 5.56 Å². The van der Waals surface area contributed by atoms with Gasteiger partial charge in [0, 0.05) is 24.1 Å². The molecule has 0 saturated heterocycles. The van der Waals surface area contributed by atoms with E-state index in [0.717, 1.165) is 42.7 Å². The molecule has 136 valence electrons. The zero-order chi connectivity index (χ0) is 18.6. The molecule has 1 aliphatic heterocycles. The van der Waals surface area contributed by atoms with Crippen molar-refractivity contribution in [1.82, 2.24) is 4.98 Å². The van der Waals surface area contributed by atoms with Crippen molar-refractivity contribution in [2.45, 2.75) is 26.2 Å². The Labute approximate surface area is 159 Å². The standard InChI is InChI=1S/C23H23N3O/c1-2-17-8-3-5-11-21(17)25-23(27)19-14-20(16-24-15-19)26-13-7-10-18-9-4-6-12-22(18)26/h3-6,8-9,11-12,14-16H,2,7,10,13H2,1H3,(H,25,27). The first-order chi connectivity index (χ1) is 13.3. The molecule has 1 aliphatic rings. The summed E-state index contributed by atoms with van der Waals surface area (Å²) in [5.74, 6) is -0.129. The van der Waals surface area contributed by atoms with Crippen molar-refractivity contribution in [3.05, 3.63) is 83.7 Å². The molecule has 2 heterocycles. The van der Waals surface area contributed by atoms with Gasteiger partial charge in [0.25, 0.3) is 5.91 Å². The largest absolute Gasteiger partial charge is 0.340 e. The van der Waals surface area contributed by atoms with Crippen molar-refractivity contribution in [2.24, 2.45) is 0 Å². The third kappa shape index (κ3) is 3.56. The van der Waals surface area contributed by atoms with Gasteiger partial charge in [-0.15, -0.1) is 0 Å². The normalized spacial score (nSPS) is 13.1. The first kappa shape index (κ1) is 17.3. The fourth-order valence-corrected chi connectivity index (χ4v) is 3.65. The highest BCUT2D eigenvalue weighted by molar-refractivity contribution is 6.05. The van der Waals surface area contributed by atoms with E-state index in [-0.39, 0.29) is 5.91 Å². The molecule has 3 aromatic rings. The third-order valence-electron chi connectivity index (χ3n) is 5.05. The van der Waals surface area contributed by atoms with Crippen LogP contribution in [0.2, 0.25) is 0 Å². The summed E-state index contributed by atoms with van der Waals surface area (Å²) in [4.78, 5) is 19.4. The van der Waals surface area contributed by atoms with Crippen LogP contribution in [0.3, 0.4) is 0 Å². The summed E-state index contributed by atoms with van der Waals surface area (Å²) in [5.41, 5.74) is 6.06. The van der Waals surface area contributed by atoms with Crippen LogP contribution in [0.5, 0.6) is 0 Å². The highest BCUT2D eigenvalue weighted by atomic mass is 16.1. The van der Waals surface area contributed by atoms with Crippen LogP contribution in [0.4, 0.5) is 17.1 Å². The van der Waals surface area contributed by atoms with Crippen molar-refractivity contribution >= 4 is 23.0 Å². The number of fused-ring (bicyclic) bond motifs is 1. The molecule has 0 spiro atoms. The number of anilines is 3. The number of nitrogens with one attached hydrogen (secondary N) is 1.